The quantitative estimate of drug-likeness (QED) is 0.641. The first-order valence-corrected chi connectivity index (χ1v) is 6.95. The molecule has 0 radical (unpaired) electrons. The highest BCUT2D eigenvalue weighted by Crippen LogP contribution is 2.17. The molecule has 0 fully saturated rings. The molecule has 0 saturated carbocycles. The molecule has 0 heterocycles. The van der Waals surface area contributed by atoms with Gasteiger partial charge in [-0.2, -0.15) is 0 Å². The number of hydrogen-bond acceptors (Lipinski definition) is 3. The summed E-state index contributed by atoms with van der Waals surface area (Å²) in [5, 5.41) is 5.41. The zero-order valence-corrected chi connectivity index (χ0v) is 14.0. The average molecular weight is 329 g/mol. The number of carbonyl (C=O) groups is 2. The predicted molar refractivity (Wildman–Crippen MR) is 91.3 cm³/mol. The maximum absolute atomic E-state index is 12.3. The topological polar surface area (TPSA) is 110 Å². The van der Waals surface area contributed by atoms with Crippen molar-refractivity contribution in [3.05, 3.63) is 29.8 Å². The molecule has 0 aliphatic rings. The van der Waals surface area contributed by atoms with Gasteiger partial charge in [0.05, 0.1) is 0 Å². The summed E-state index contributed by atoms with van der Waals surface area (Å²) in [6, 6.07) is 5.93. The molecule has 3 amide bonds. The molecular formula is C15H25ClN4O2. The van der Waals surface area contributed by atoms with Crippen LogP contribution in [0.1, 0.15) is 37.6 Å². The first-order valence-electron chi connectivity index (χ1n) is 6.95. The van der Waals surface area contributed by atoms with Crippen LogP contribution in [0, 0.1) is 5.92 Å². The number of anilines is 1. The van der Waals surface area contributed by atoms with E-state index in [1.54, 1.807) is 24.3 Å². The molecular weight excluding hydrogens is 304 g/mol. The van der Waals surface area contributed by atoms with Crippen molar-refractivity contribution in [2.75, 3.05) is 11.9 Å². The monoisotopic (exact) mass is 328 g/mol. The second-order valence-electron chi connectivity index (χ2n) is 5.89. The van der Waals surface area contributed by atoms with E-state index in [-0.39, 0.29) is 18.3 Å². The van der Waals surface area contributed by atoms with Gasteiger partial charge in [0.25, 0.3) is 5.91 Å². The zero-order chi connectivity index (χ0) is 16.0. The maximum Gasteiger partial charge on any atom is 0.316 e. The average Bonchev–Trinajstić information content (AvgIpc) is 2.37. The van der Waals surface area contributed by atoms with Crippen LogP contribution in [-0.2, 0) is 0 Å². The van der Waals surface area contributed by atoms with E-state index < -0.39 is 11.6 Å². The highest BCUT2D eigenvalue weighted by atomic mass is 35.5. The van der Waals surface area contributed by atoms with Crippen LogP contribution in [0.4, 0.5) is 10.5 Å². The summed E-state index contributed by atoms with van der Waals surface area (Å²) in [6.45, 7) is 6.45. The largest absolute Gasteiger partial charge is 0.351 e. The number of rotatable bonds is 6. The lowest BCUT2D eigenvalue weighted by Crippen LogP contribution is -2.52. The van der Waals surface area contributed by atoms with Crippen molar-refractivity contribution >= 4 is 30.0 Å². The molecule has 0 spiro atoms. The fraction of sp³-hybridized carbons (Fsp3) is 0.467. The lowest BCUT2D eigenvalue weighted by Gasteiger charge is -2.31. The van der Waals surface area contributed by atoms with E-state index in [4.69, 9.17) is 11.5 Å². The number of nitrogens with two attached hydrogens (primary N) is 2. The van der Waals surface area contributed by atoms with Gasteiger partial charge in [-0.3, -0.25) is 4.79 Å². The number of amides is 3. The molecule has 1 atom stereocenters. The van der Waals surface area contributed by atoms with Crippen LogP contribution in [-0.4, -0.2) is 24.0 Å². The zero-order valence-electron chi connectivity index (χ0n) is 13.2. The van der Waals surface area contributed by atoms with Gasteiger partial charge in [0, 0.05) is 23.3 Å². The second kappa shape index (κ2) is 8.60. The number of urea groups is 1. The van der Waals surface area contributed by atoms with Gasteiger partial charge in [0.15, 0.2) is 0 Å². The first-order chi connectivity index (χ1) is 9.75. The minimum atomic E-state index is -0.667. The van der Waals surface area contributed by atoms with Gasteiger partial charge in [-0.15, -0.1) is 12.4 Å². The number of hydrogen-bond donors (Lipinski definition) is 4. The maximum atomic E-state index is 12.3. The molecule has 1 unspecified atom stereocenters. The summed E-state index contributed by atoms with van der Waals surface area (Å²) in [5.41, 5.74) is 11.3. The number of halogens is 1. The number of primary amides is 1. The van der Waals surface area contributed by atoms with E-state index >= 15 is 0 Å². The Morgan fingerprint density at radius 2 is 1.95 bits per heavy atom. The number of nitrogens with one attached hydrogen (secondary N) is 2. The van der Waals surface area contributed by atoms with Crippen LogP contribution in [0.2, 0.25) is 0 Å². The van der Waals surface area contributed by atoms with Crippen LogP contribution >= 0.6 is 12.4 Å². The van der Waals surface area contributed by atoms with E-state index in [1.165, 1.54) is 0 Å². The molecule has 6 N–H and O–H groups in total. The highest BCUT2D eigenvalue weighted by Gasteiger charge is 2.26. The van der Waals surface area contributed by atoms with Crippen molar-refractivity contribution in [1.29, 1.82) is 0 Å². The van der Waals surface area contributed by atoms with Crippen LogP contribution in [0.15, 0.2) is 24.3 Å². The minimum absolute atomic E-state index is 0. The van der Waals surface area contributed by atoms with E-state index in [1.807, 2.05) is 6.92 Å². The summed E-state index contributed by atoms with van der Waals surface area (Å²) in [7, 11) is 0. The highest BCUT2D eigenvalue weighted by molar-refractivity contribution is 5.97. The molecule has 1 rings (SSSR count). The molecule has 0 aliphatic heterocycles. The Bertz CT molecular complexity index is 522. The standard InChI is InChI=1S/C15H24N4O2.ClH/c1-10(2)8-15(3,9-16)19-13(20)11-5-4-6-12(7-11)18-14(17)21;/h4-7,10H,8-9,16H2,1-3H3,(H,19,20)(H3,17,18,21);1H. The van der Waals surface area contributed by atoms with Crippen LogP contribution in [0.25, 0.3) is 0 Å². The van der Waals surface area contributed by atoms with Gasteiger partial charge < -0.3 is 22.1 Å². The Balaban J connectivity index is 0.00000441. The third kappa shape index (κ3) is 6.32. The Hall–Kier alpha value is -1.79. The van der Waals surface area contributed by atoms with Crippen LogP contribution in [0.3, 0.4) is 0 Å². The van der Waals surface area contributed by atoms with Crippen LogP contribution in [0.5, 0.6) is 0 Å². The fourth-order valence-electron chi connectivity index (χ4n) is 2.31. The summed E-state index contributed by atoms with van der Waals surface area (Å²) >= 11 is 0. The van der Waals surface area contributed by atoms with Crippen molar-refractivity contribution in [1.82, 2.24) is 5.32 Å². The SMILES string of the molecule is CC(C)CC(C)(CN)NC(=O)c1cccc(NC(N)=O)c1.Cl. The lowest BCUT2D eigenvalue weighted by molar-refractivity contribution is 0.0898. The van der Waals surface area contributed by atoms with Crippen molar-refractivity contribution in [2.45, 2.75) is 32.7 Å². The van der Waals surface area contributed by atoms with Crippen molar-refractivity contribution < 1.29 is 9.59 Å². The van der Waals surface area contributed by atoms with Gasteiger partial charge in [-0.1, -0.05) is 19.9 Å². The third-order valence-electron chi connectivity index (χ3n) is 3.12. The normalized spacial score (nSPS) is 13.0. The minimum Gasteiger partial charge on any atom is -0.351 e. The third-order valence-corrected chi connectivity index (χ3v) is 3.12. The predicted octanol–water partition coefficient (Wildman–Crippen LogP) is 2.09. The molecule has 0 saturated heterocycles. The van der Waals surface area contributed by atoms with Crippen molar-refractivity contribution in [2.24, 2.45) is 17.4 Å². The van der Waals surface area contributed by atoms with E-state index in [2.05, 4.69) is 24.5 Å². The van der Waals surface area contributed by atoms with Gasteiger partial charge in [-0.05, 0) is 37.5 Å². The lowest BCUT2D eigenvalue weighted by atomic mass is 9.90. The molecule has 6 nitrogen and oxygen atoms in total. The first kappa shape index (κ1) is 20.2. The van der Waals surface area contributed by atoms with E-state index in [0.29, 0.717) is 23.7 Å². The number of benzene rings is 1. The van der Waals surface area contributed by atoms with E-state index in [0.717, 1.165) is 6.42 Å². The molecule has 22 heavy (non-hydrogen) atoms. The smallest absolute Gasteiger partial charge is 0.316 e. The van der Waals surface area contributed by atoms with Gasteiger partial charge in [0.1, 0.15) is 0 Å². The van der Waals surface area contributed by atoms with Crippen molar-refractivity contribution in [3.63, 3.8) is 0 Å². The molecule has 124 valence electrons. The Morgan fingerprint density at radius 1 is 1.32 bits per heavy atom. The van der Waals surface area contributed by atoms with E-state index in [9.17, 15) is 9.59 Å². The Morgan fingerprint density at radius 3 is 2.45 bits per heavy atom. The Kier molecular flexibility index (Phi) is 7.90. The molecule has 0 aromatic heterocycles. The van der Waals surface area contributed by atoms with Crippen molar-refractivity contribution in [3.8, 4) is 0 Å². The Labute approximate surface area is 137 Å². The molecule has 0 aliphatic carbocycles. The van der Waals surface area contributed by atoms with Crippen LogP contribution < -0.4 is 22.1 Å². The summed E-state index contributed by atoms with van der Waals surface area (Å²) in [6.07, 6.45) is 0.786. The molecule has 1 aromatic rings. The molecule has 0 bridgehead atoms. The summed E-state index contributed by atoms with van der Waals surface area (Å²) in [4.78, 5) is 23.2. The molecule has 7 heteroatoms. The van der Waals surface area contributed by atoms with Gasteiger partial charge in [0.2, 0.25) is 0 Å². The summed E-state index contributed by atoms with van der Waals surface area (Å²) < 4.78 is 0. The fourth-order valence-corrected chi connectivity index (χ4v) is 2.31. The number of carbonyl (C=O) groups excluding carboxylic acids is 2. The molecule has 1 aromatic carbocycles. The second-order valence-corrected chi connectivity index (χ2v) is 5.89. The van der Waals surface area contributed by atoms with Gasteiger partial charge in [-0.25, -0.2) is 4.79 Å². The van der Waals surface area contributed by atoms with Gasteiger partial charge >= 0.3 is 6.03 Å². The summed E-state index contributed by atoms with van der Waals surface area (Å²) in [5.74, 6) is 0.193.